The van der Waals surface area contributed by atoms with E-state index in [2.05, 4.69) is 121 Å². The largest absolute Gasteiger partial charge is 0.436 e. The van der Waals surface area contributed by atoms with Gasteiger partial charge in [0.05, 0.1) is 22.8 Å². The SMILES string of the molecule is C1=CC2C=Cc3ccc(-c4ccc(-c5nc(C6=CC=C(c7nc8ccccc8o7)CC6)cc(-c6ccc(-c7ccccc7)cc6)n5)cc4)nc3C2N=C1. The van der Waals surface area contributed by atoms with Crippen LogP contribution in [-0.4, -0.2) is 26.2 Å². The third-order valence-electron chi connectivity index (χ3n) is 10.3. The van der Waals surface area contributed by atoms with Crippen LogP contribution in [0.3, 0.4) is 0 Å². The lowest BCUT2D eigenvalue weighted by Crippen LogP contribution is -2.16. The summed E-state index contributed by atoms with van der Waals surface area (Å²) in [5, 5.41) is 0. The molecular weight excluding hydrogens is 651 g/mol. The Hall–Kier alpha value is -6.79. The Morgan fingerprint density at radius 1 is 0.547 bits per heavy atom. The highest BCUT2D eigenvalue weighted by atomic mass is 16.3. The van der Waals surface area contributed by atoms with Crippen molar-refractivity contribution in [3.63, 3.8) is 0 Å². The molecule has 6 nitrogen and oxygen atoms in total. The van der Waals surface area contributed by atoms with E-state index in [0.29, 0.717) is 11.7 Å². The van der Waals surface area contributed by atoms with Gasteiger partial charge in [0, 0.05) is 34.4 Å². The molecule has 2 aliphatic carbocycles. The Kier molecular flexibility index (Phi) is 7.64. The number of dihydropyridines is 1. The van der Waals surface area contributed by atoms with Gasteiger partial charge in [-0.15, -0.1) is 0 Å². The lowest BCUT2D eigenvalue weighted by atomic mass is 9.87. The number of allylic oxidation sites excluding steroid dienone is 5. The molecule has 0 fully saturated rings. The van der Waals surface area contributed by atoms with E-state index in [1.807, 2.05) is 42.6 Å². The zero-order valence-corrected chi connectivity index (χ0v) is 28.8. The molecule has 0 radical (unpaired) electrons. The fraction of sp³-hybridized carbons (Fsp3) is 0.0851. The van der Waals surface area contributed by atoms with Crippen LogP contribution in [0.5, 0.6) is 0 Å². The smallest absolute Gasteiger partial charge is 0.223 e. The zero-order valence-electron chi connectivity index (χ0n) is 28.8. The minimum absolute atomic E-state index is 0.0190. The molecule has 2 unspecified atom stereocenters. The van der Waals surface area contributed by atoms with Crippen LogP contribution in [0, 0.1) is 5.92 Å². The number of hydrogen-bond acceptors (Lipinski definition) is 6. The van der Waals surface area contributed by atoms with Gasteiger partial charge in [-0.2, -0.15) is 0 Å². The Labute approximate surface area is 307 Å². The molecule has 3 aromatic heterocycles. The summed E-state index contributed by atoms with van der Waals surface area (Å²) in [5.41, 5.74) is 14.1. The average molecular weight is 684 g/mol. The number of fused-ring (bicyclic) bond motifs is 4. The monoisotopic (exact) mass is 683 g/mol. The summed E-state index contributed by atoms with van der Waals surface area (Å²) in [6, 6.07) is 41.7. The quantitative estimate of drug-likeness (QED) is 0.174. The number of pyridine rings is 1. The number of benzene rings is 4. The minimum atomic E-state index is 0.0190. The molecule has 4 heterocycles. The van der Waals surface area contributed by atoms with Crippen molar-refractivity contribution >= 4 is 34.5 Å². The molecular formula is C47H33N5O. The molecule has 1 aliphatic heterocycles. The molecule has 6 heteroatoms. The standard InChI is InChI=1S/C47H33N5O/c1-2-7-30(8-3-1)31-12-14-33(15-13-31)41-29-42(34-18-24-38(25-19-34)47-52-40-10-4-5-11-43(40)53-47)51-46(50-41)37-22-16-32(17-23-37)39-27-26-36-21-20-35-9-6-28-48-44(35)45(36)49-39/h1-18,20-24,26-29,35,44H,19,25H2. The summed E-state index contributed by atoms with van der Waals surface area (Å²) in [5.74, 6) is 1.60. The van der Waals surface area contributed by atoms with Crippen LogP contribution in [0.1, 0.15) is 41.7 Å². The predicted octanol–water partition coefficient (Wildman–Crippen LogP) is 11.3. The second-order valence-electron chi connectivity index (χ2n) is 13.6. The number of rotatable bonds is 6. The van der Waals surface area contributed by atoms with Gasteiger partial charge < -0.3 is 4.42 Å². The Balaban J connectivity index is 1.00. The average Bonchev–Trinajstić information content (AvgIpc) is 3.68. The van der Waals surface area contributed by atoms with Gasteiger partial charge in [-0.25, -0.2) is 19.9 Å². The Morgan fingerprint density at radius 3 is 2.06 bits per heavy atom. The molecule has 0 amide bonds. The van der Waals surface area contributed by atoms with E-state index in [1.54, 1.807) is 0 Å². The van der Waals surface area contributed by atoms with Crippen molar-refractivity contribution in [3.05, 3.63) is 175 Å². The molecule has 0 saturated carbocycles. The van der Waals surface area contributed by atoms with Gasteiger partial charge in [0.2, 0.25) is 5.89 Å². The first-order chi connectivity index (χ1) is 26.2. The molecule has 0 bridgehead atoms. The summed E-state index contributed by atoms with van der Waals surface area (Å²) in [6.07, 6.45) is 16.3. The third-order valence-corrected chi connectivity index (χ3v) is 10.3. The number of aliphatic imine (C=N–C) groups is 1. The van der Waals surface area contributed by atoms with Gasteiger partial charge in [0.1, 0.15) is 11.6 Å². The van der Waals surface area contributed by atoms with Crippen LogP contribution in [0.25, 0.3) is 73.4 Å². The molecule has 4 aromatic carbocycles. The molecule has 0 N–H and O–H groups in total. The molecule has 7 aromatic rings. The van der Waals surface area contributed by atoms with E-state index in [1.165, 1.54) is 11.1 Å². The fourth-order valence-electron chi connectivity index (χ4n) is 7.37. The van der Waals surface area contributed by atoms with E-state index >= 15 is 0 Å². The van der Waals surface area contributed by atoms with Crippen molar-refractivity contribution in [2.24, 2.45) is 10.9 Å². The highest BCUT2D eigenvalue weighted by molar-refractivity contribution is 5.81. The van der Waals surface area contributed by atoms with Gasteiger partial charge in [-0.05, 0) is 65.4 Å². The molecule has 2 atom stereocenters. The normalized spacial score (nSPS) is 17.3. The molecule has 10 rings (SSSR count). The van der Waals surface area contributed by atoms with E-state index in [0.717, 1.165) is 80.1 Å². The fourth-order valence-corrected chi connectivity index (χ4v) is 7.37. The van der Waals surface area contributed by atoms with Crippen LogP contribution in [0.15, 0.2) is 161 Å². The van der Waals surface area contributed by atoms with Crippen LogP contribution in [0.4, 0.5) is 0 Å². The van der Waals surface area contributed by atoms with Gasteiger partial charge in [-0.3, -0.25) is 4.99 Å². The maximum absolute atomic E-state index is 6.09. The zero-order chi connectivity index (χ0) is 35.1. The van der Waals surface area contributed by atoms with Crippen molar-refractivity contribution in [2.45, 2.75) is 18.9 Å². The van der Waals surface area contributed by atoms with Crippen LogP contribution >= 0.6 is 0 Å². The number of aromatic nitrogens is 4. The lowest BCUT2D eigenvalue weighted by molar-refractivity contribution is 0.580. The van der Waals surface area contributed by atoms with Crippen LogP contribution in [-0.2, 0) is 0 Å². The maximum Gasteiger partial charge on any atom is 0.223 e. The summed E-state index contributed by atoms with van der Waals surface area (Å²) >= 11 is 0. The Bertz CT molecular complexity index is 2630. The van der Waals surface area contributed by atoms with Crippen molar-refractivity contribution in [3.8, 4) is 45.0 Å². The minimum Gasteiger partial charge on any atom is -0.436 e. The van der Waals surface area contributed by atoms with Crippen molar-refractivity contribution in [1.29, 1.82) is 0 Å². The number of hydrogen-bond donors (Lipinski definition) is 0. The summed E-state index contributed by atoms with van der Waals surface area (Å²) in [6.45, 7) is 0. The second kappa shape index (κ2) is 13.1. The number of oxazole rings is 1. The second-order valence-corrected chi connectivity index (χ2v) is 13.6. The van der Waals surface area contributed by atoms with Gasteiger partial charge in [0.25, 0.3) is 0 Å². The van der Waals surface area contributed by atoms with Gasteiger partial charge >= 0.3 is 0 Å². The van der Waals surface area contributed by atoms with Gasteiger partial charge in [-0.1, -0.05) is 127 Å². The Morgan fingerprint density at radius 2 is 1.25 bits per heavy atom. The van der Waals surface area contributed by atoms with E-state index < -0.39 is 0 Å². The highest BCUT2D eigenvalue weighted by Gasteiger charge is 2.27. The van der Waals surface area contributed by atoms with Crippen LogP contribution < -0.4 is 0 Å². The van der Waals surface area contributed by atoms with Crippen molar-refractivity contribution in [2.75, 3.05) is 0 Å². The lowest BCUT2D eigenvalue weighted by Gasteiger charge is -2.25. The molecule has 53 heavy (non-hydrogen) atoms. The maximum atomic E-state index is 6.09. The molecule has 3 aliphatic rings. The van der Waals surface area contributed by atoms with Crippen molar-refractivity contribution in [1.82, 2.24) is 19.9 Å². The highest BCUT2D eigenvalue weighted by Crippen LogP contribution is 2.38. The van der Waals surface area contributed by atoms with Crippen LogP contribution in [0.2, 0.25) is 0 Å². The predicted molar refractivity (Wildman–Crippen MR) is 214 cm³/mol. The molecule has 252 valence electrons. The van der Waals surface area contributed by atoms with E-state index in [9.17, 15) is 0 Å². The van der Waals surface area contributed by atoms with E-state index in [-0.39, 0.29) is 12.0 Å². The van der Waals surface area contributed by atoms with Crippen molar-refractivity contribution < 1.29 is 4.42 Å². The third kappa shape index (κ3) is 5.94. The summed E-state index contributed by atoms with van der Waals surface area (Å²) < 4.78 is 6.09. The number of nitrogens with zero attached hydrogens (tertiary/aromatic N) is 5. The summed E-state index contributed by atoms with van der Waals surface area (Å²) in [4.78, 5) is 24.9. The van der Waals surface area contributed by atoms with E-state index in [4.69, 9.17) is 29.3 Å². The first kappa shape index (κ1) is 31.0. The topological polar surface area (TPSA) is 77.1 Å². The summed E-state index contributed by atoms with van der Waals surface area (Å²) in [7, 11) is 0. The first-order valence-corrected chi connectivity index (χ1v) is 18.0. The number of para-hydroxylation sites is 2. The molecule has 0 spiro atoms. The van der Waals surface area contributed by atoms with Gasteiger partial charge in [0.15, 0.2) is 11.4 Å². The molecule has 0 saturated heterocycles. The first-order valence-electron chi connectivity index (χ1n) is 18.0.